The van der Waals surface area contributed by atoms with Crippen molar-refractivity contribution < 1.29 is 9.59 Å². The summed E-state index contributed by atoms with van der Waals surface area (Å²) in [5.41, 5.74) is 2.51. The summed E-state index contributed by atoms with van der Waals surface area (Å²) in [4.78, 5) is 32.8. The average Bonchev–Trinajstić information content (AvgIpc) is 2.73. The van der Waals surface area contributed by atoms with Gasteiger partial charge < -0.3 is 10.6 Å². The molecule has 3 rings (SSSR count). The Morgan fingerprint density at radius 2 is 1.63 bits per heavy atom. The van der Waals surface area contributed by atoms with Gasteiger partial charge in [-0.3, -0.25) is 19.6 Å². The third-order valence-corrected chi connectivity index (χ3v) is 3.95. The van der Waals surface area contributed by atoms with Crippen LogP contribution in [0.1, 0.15) is 32.1 Å². The second-order valence-electron chi connectivity index (χ2n) is 5.93. The van der Waals surface area contributed by atoms with Crippen LogP contribution in [0.25, 0.3) is 0 Å². The maximum atomic E-state index is 12.3. The molecule has 2 aromatic heterocycles. The van der Waals surface area contributed by atoms with E-state index in [2.05, 4.69) is 20.6 Å². The van der Waals surface area contributed by atoms with Gasteiger partial charge in [-0.15, -0.1) is 0 Å². The molecule has 0 bridgehead atoms. The minimum absolute atomic E-state index is 0.216. The number of amides is 2. The predicted octanol–water partition coefficient (Wildman–Crippen LogP) is 2.38. The maximum Gasteiger partial charge on any atom is 0.269 e. The van der Waals surface area contributed by atoms with Crippen LogP contribution >= 0.6 is 0 Å². The summed E-state index contributed by atoms with van der Waals surface area (Å²) in [6.07, 6.45) is 3.87. The quantitative estimate of drug-likeness (QED) is 0.678. The number of rotatable bonds is 7. The standard InChI is InChI=1S/C21H20N4O2/c26-20(25-15-18-8-4-5-11-22-18)17-10-13-23-19(14-17)21(27)24-12-9-16-6-2-1-3-7-16/h1-8,10-11,13-14H,9,12,15H2,(H,24,27)(H,25,26). The Labute approximate surface area is 157 Å². The number of nitrogens with zero attached hydrogens (tertiary/aromatic N) is 2. The van der Waals surface area contributed by atoms with E-state index >= 15 is 0 Å². The van der Waals surface area contributed by atoms with Crippen molar-refractivity contribution >= 4 is 11.8 Å². The van der Waals surface area contributed by atoms with E-state index in [1.54, 1.807) is 12.3 Å². The van der Waals surface area contributed by atoms with Crippen LogP contribution in [0.3, 0.4) is 0 Å². The first-order valence-electron chi connectivity index (χ1n) is 8.68. The van der Waals surface area contributed by atoms with Crippen LogP contribution < -0.4 is 10.6 Å². The molecule has 0 saturated heterocycles. The first-order chi connectivity index (χ1) is 13.2. The van der Waals surface area contributed by atoms with Gasteiger partial charge in [0.15, 0.2) is 0 Å². The molecular weight excluding hydrogens is 340 g/mol. The van der Waals surface area contributed by atoms with Gasteiger partial charge in [0, 0.05) is 24.5 Å². The van der Waals surface area contributed by atoms with Gasteiger partial charge in [-0.25, -0.2) is 0 Å². The normalized spacial score (nSPS) is 10.2. The Balaban J connectivity index is 1.54. The smallest absolute Gasteiger partial charge is 0.269 e. The number of carbonyl (C=O) groups excluding carboxylic acids is 2. The zero-order valence-electron chi connectivity index (χ0n) is 14.8. The number of carbonyl (C=O) groups is 2. The fourth-order valence-electron chi connectivity index (χ4n) is 2.53. The summed E-state index contributed by atoms with van der Waals surface area (Å²) in [5, 5.41) is 5.61. The predicted molar refractivity (Wildman–Crippen MR) is 102 cm³/mol. The van der Waals surface area contributed by atoms with Crippen molar-refractivity contribution in [2.24, 2.45) is 0 Å². The molecule has 3 aromatic rings. The molecule has 6 nitrogen and oxygen atoms in total. The summed E-state index contributed by atoms with van der Waals surface area (Å²) in [5.74, 6) is -0.577. The van der Waals surface area contributed by atoms with E-state index in [0.717, 1.165) is 17.7 Å². The number of hydrogen-bond acceptors (Lipinski definition) is 4. The summed E-state index contributed by atoms with van der Waals surface area (Å²) in [7, 11) is 0. The lowest BCUT2D eigenvalue weighted by atomic mass is 10.1. The molecular formula is C21H20N4O2. The molecule has 0 saturated carbocycles. The van der Waals surface area contributed by atoms with E-state index in [-0.39, 0.29) is 17.5 Å². The van der Waals surface area contributed by atoms with E-state index in [1.165, 1.54) is 12.3 Å². The van der Waals surface area contributed by atoms with Crippen molar-refractivity contribution in [3.05, 3.63) is 95.6 Å². The highest BCUT2D eigenvalue weighted by atomic mass is 16.2. The van der Waals surface area contributed by atoms with Gasteiger partial charge in [0.05, 0.1) is 12.2 Å². The number of benzene rings is 1. The molecule has 27 heavy (non-hydrogen) atoms. The van der Waals surface area contributed by atoms with Crippen LogP contribution in [0.2, 0.25) is 0 Å². The fourth-order valence-corrected chi connectivity index (χ4v) is 2.53. The van der Waals surface area contributed by atoms with Crippen LogP contribution in [0.15, 0.2) is 73.1 Å². The lowest BCUT2D eigenvalue weighted by molar-refractivity contribution is 0.0949. The molecule has 0 aliphatic heterocycles. The summed E-state index contributed by atoms with van der Waals surface area (Å²) < 4.78 is 0. The lowest BCUT2D eigenvalue weighted by Gasteiger charge is -2.07. The minimum atomic E-state index is -0.301. The van der Waals surface area contributed by atoms with Crippen molar-refractivity contribution in [2.75, 3.05) is 6.54 Å². The molecule has 0 aliphatic rings. The van der Waals surface area contributed by atoms with E-state index in [1.807, 2.05) is 48.5 Å². The molecule has 0 radical (unpaired) electrons. The molecule has 1 aromatic carbocycles. The monoisotopic (exact) mass is 360 g/mol. The molecule has 0 spiro atoms. The second kappa shape index (κ2) is 9.24. The van der Waals surface area contributed by atoms with E-state index < -0.39 is 0 Å². The van der Waals surface area contributed by atoms with Gasteiger partial charge in [-0.2, -0.15) is 0 Å². The van der Waals surface area contributed by atoms with Crippen molar-refractivity contribution in [1.29, 1.82) is 0 Å². The van der Waals surface area contributed by atoms with Gasteiger partial charge in [0.25, 0.3) is 11.8 Å². The molecule has 2 amide bonds. The van der Waals surface area contributed by atoms with Gasteiger partial charge in [0.1, 0.15) is 5.69 Å². The molecule has 0 atom stereocenters. The van der Waals surface area contributed by atoms with Gasteiger partial charge in [-0.05, 0) is 36.2 Å². The van der Waals surface area contributed by atoms with E-state index in [4.69, 9.17) is 0 Å². The highest BCUT2D eigenvalue weighted by molar-refractivity contribution is 5.98. The molecule has 2 heterocycles. The third-order valence-electron chi connectivity index (χ3n) is 3.95. The molecule has 2 N–H and O–H groups in total. The Hall–Kier alpha value is -3.54. The maximum absolute atomic E-state index is 12.3. The Kier molecular flexibility index (Phi) is 6.25. The average molecular weight is 360 g/mol. The Morgan fingerprint density at radius 3 is 2.41 bits per heavy atom. The van der Waals surface area contributed by atoms with Crippen molar-refractivity contribution in [3.63, 3.8) is 0 Å². The van der Waals surface area contributed by atoms with Gasteiger partial charge in [-0.1, -0.05) is 36.4 Å². The van der Waals surface area contributed by atoms with Gasteiger partial charge >= 0.3 is 0 Å². The number of aromatic nitrogens is 2. The van der Waals surface area contributed by atoms with Crippen molar-refractivity contribution in [1.82, 2.24) is 20.6 Å². The highest BCUT2D eigenvalue weighted by Crippen LogP contribution is 2.04. The second-order valence-corrected chi connectivity index (χ2v) is 5.93. The topological polar surface area (TPSA) is 84.0 Å². The largest absolute Gasteiger partial charge is 0.350 e. The molecule has 136 valence electrons. The summed E-state index contributed by atoms with van der Waals surface area (Å²) >= 11 is 0. The van der Waals surface area contributed by atoms with Crippen LogP contribution in [0.4, 0.5) is 0 Å². The van der Waals surface area contributed by atoms with Crippen molar-refractivity contribution in [2.45, 2.75) is 13.0 Å². The minimum Gasteiger partial charge on any atom is -0.350 e. The molecule has 0 fully saturated rings. The van der Waals surface area contributed by atoms with E-state index in [9.17, 15) is 9.59 Å². The molecule has 6 heteroatoms. The van der Waals surface area contributed by atoms with Crippen LogP contribution in [0, 0.1) is 0 Å². The third kappa shape index (κ3) is 5.47. The van der Waals surface area contributed by atoms with Crippen LogP contribution in [0.5, 0.6) is 0 Å². The number of nitrogens with one attached hydrogen (secondary N) is 2. The van der Waals surface area contributed by atoms with Crippen LogP contribution in [-0.2, 0) is 13.0 Å². The van der Waals surface area contributed by atoms with E-state index in [0.29, 0.717) is 18.7 Å². The first kappa shape index (κ1) is 18.3. The van der Waals surface area contributed by atoms with Crippen molar-refractivity contribution in [3.8, 4) is 0 Å². The zero-order chi connectivity index (χ0) is 18.9. The highest BCUT2D eigenvalue weighted by Gasteiger charge is 2.11. The Bertz CT molecular complexity index is 898. The SMILES string of the molecule is O=C(NCc1ccccn1)c1ccnc(C(=O)NCCc2ccccc2)c1. The number of pyridine rings is 2. The Morgan fingerprint density at radius 1 is 0.815 bits per heavy atom. The molecule has 0 aliphatic carbocycles. The zero-order valence-corrected chi connectivity index (χ0v) is 14.8. The number of hydrogen-bond donors (Lipinski definition) is 2. The summed E-state index contributed by atoms with van der Waals surface area (Å²) in [6.45, 7) is 0.821. The molecule has 0 unspecified atom stereocenters. The first-order valence-corrected chi connectivity index (χ1v) is 8.68. The van der Waals surface area contributed by atoms with Crippen LogP contribution in [-0.4, -0.2) is 28.3 Å². The lowest BCUT2D eigenvalue weighted by Crippen LogP contribution is -2.28. The fraction of sp³-hybridized carbons (Fsp3) is 0.143. The summed E-state index contributed by atoms with van der Waals surface area (Å²) in [6, 6.07) is 18.5. The van der Waals surface area contributed by atoms with Gasteiger partial charge in [0.2, 0.25) is 0 Å².